The fourth-order valence-electron chi connectivity index (χ4n) is 2.18. The number of carbonyl (C=O) groups is 1. The molecule has 0 saturated carbocycles. The Labute approximate surface area is 122 Å². The van der Waals surface area contributed by atoms with E-state index in [-0.39, 0.29) is 5.91 Å². The van der Waals surface area contributed by atoms with Gasteiger partial charge in [0.2, 0.25) is 5.91 Å². The Morgan fingerprint density at radius 1 is 1.10 bits per heavy atom. The molecule has 0 unspecified atom stereocenters. The summed E-state index contributed by atoms with van der Waals surface area (Å²) in [5.41, 5.74) is 0. The number of unbranched alkanes of at least 4 members (excludes halogenated alkanes) is 8. The monoisotopic (exact) mass is 280 g/mol. The maximum absolute atomic E-state index is 11.6. The van der Waals surface area contributed by atoms with Gasteiger partial charge in [0.05, 0.1) is 6.54 Å². The lowest BCUT2D eigenvalue weighted by molar-refractivity contribution is -0.121. The van der Waals surface area contributed by atoms with Gasteiger partial charge in [0, 0.05) is 6.42 Å². The number of nitrogens with zero attached hydrogens (tertiary/aromatic N) is 2. The molecule has 0 atom stereocenters. The molecule has 0 aliphatic heterocycles. The van der Waals surface area contributed by atoms with Gasteiger partial charge in [0.15, 0.2) is 0 Å². The fraction of sp³-hybridized carbons (Fsp3) is 0.800. The van der Waals surface area contributed by atoms with Gasteiger partial charge in [0.1, 0.15) is 12.2 Å². The lowest BCUT2D eigenvalue weighted by atomic mass is 10.1. The second kappa shape index (κ2) is 11.4. The van der Waals surface area contributed by atoms with Crippen molar-refractivity contribution in [3.8, 4) is 0 Å². The first kappa shape index (κ1) is 16.7. The molecule has 0 fully saturated rings. The summed E-state index contributed by atoms with van der Waals surface area (Å²) in [6.45, 7) is 2.68. The Morgan fingerprint density at radius 3 is 2.35 bits per heavy atom. The van der Waals surface area contributed by atoms with Crippen LogP contribution in [0.15, 0.2) is 6.33 Å². The van der Waals surface area contributed by atoms with Crippen LogP contribution in [0, 0.1) is 0 Å². The molecule has 1 rings (SSSR count). The minimum Gasteiger partial charge on any atom is -0.349 e. The van der Waals surface area contributed by atoms with Gasteiger partial charge >= 0.3 is 0 Å². The Bertz CT molecular complexity index is 338. The zero-order chi connectivity index (χ0) is 14.5. The molecule has 0 spiro atoms. The molecule has 0 radical (unpaired) electrons. The van der Waals surface area contributed by atoms with Crippen LogP contribution in [0.25, 0.3) is 0 Å². The number of nitrogens with one attached hydrogen (secondary N) is 2. The second-order valence-corrected chi connectivity index (χ2v) is 5.29. The molecule has 114 valence electrons. The van der Waals surface area contributed by atoms with E-state index in [4.69, 9.17) is 0 Å². The van der Waals surface area contributed by atoms with Crippen molar-refractivity contribution in [2.24, 2.45) is 0 Å². The molecule has 0 aliphatic rings. The average molecular weight is 280 g/mol. The van der Waals surface area contributed by atoms with Crippen molar-refractivity contribution in [3.63, 3.8) is 0 Å². The van der Waals surface area contributed by atoms with Gasteiger partial charge in [-0.15, -0.1) is 0 Å². The minimum atomic E-state index is 0.101. The van der Waals surface area contributed by atoms with E-state index in [1.165, 1.54) is 51.3 Å². The van der Waals surface area contributed by atoms with Gasteiger partial charge in [-0.05, 0) is 6.42 Å². The summed E-state index contributed by atoms with van der Waals surface area (Å²) in [6, 6.07) is 0. The average Bonchev–Trinajstić information content (AvgIpc) is 2.96. The van der Waals surface area contributed by atoms with E-state index in [9.17, 15) is 4.79 Å². The number of hydrogen-bond donors (Lipinski definition) is 2. The Balaban J connectivity index is 1.84. The molecule has 1 aromatic rings. The fourth-order valence-corrected chi connectivity index (χ4v) is 2.18. The van der Waals surface area contributed by atoms with Gasteiger partial charge < -0.3 is 5.32 Å². The third-order valence-electron chi connectivity index (χ3n) is 3.43. The van der Waals surface area contributed by atoms with Crippen LogP contribution < -0.4 is 5.32 Å². The van der Waals surface area contributed by atoms with Crippen molar-refractivity contribution in [2.45, 2.75) is 77.7 Å². The Kier molecular flexibility index (Phi) is 9.53. The Hall–Kier alpha value is -1.39. The maximum atomic E-state index is 11.6. The summed E-state index contributed by atoms with van der Waals surface area (Å²) in [5, 5.41) is 9.29. The van der Waals surface area contributed by atoms with Crippen LogP contribution in [0.2, 0.25) is 0 Å². The molecular weight excluding hydrogens is 252 g/mol. The first-order valence-electron chi connectivity index (χ1n) is 7.94. The second-order valence-electron chi connectivity index (χ2n) is 5.29. The van der Waals surface area contributed by atoms with Crippen LogP contribution in [0.1, 0.15) is 77.0 Å². The molecule has 0 aliphatic carbocycles. The van der Waals surface area contributed by atoms with Crippen molar-refractivity contribution in [1.29, 1.82) is 0 Å². The summed E-state index contributed by atoms with van der Waals surface area (Å²) >= 11 is 0. The van der Waals surface area contributed by atoms with Crippen molar-refractivity contribution >= 4 is 5.91 Å². The van der Waals surface area contributed by atoms with E-state index in [0.717, 1.165) is 12.8 Å². The minimum absolute atomic E-state index is 0.101. The SMILES string of the molecule is CCCCCCCCCCCC(=O)NCc1ncn[nH]1. The van der Waals surface area contributed by atoms with Crippen molar-refractivity contribution in [2.75, 3.05) is 0 Å². The van der Waals surface area contributed by atoms with Crippen LogP contribution in [0.3, 0.4) is 0 Å². The highest BCUT2D eigenvalue weighted by atomic mass is 16.1. The lowest BCUT2D eigenvalue weighted by Crippen LogP contribution is -2.22. The zero-order valence-corrected chi connectivity index (χ0v) is 12.7. The highest BCUT2D eigenvalue weighted by Crippen LogP contribution is 2.10. The van der Waals surface area contributed by atoms with Crippen LogP contribution in [0.4, 0.5) is 0 Å². The molecule has 1 heterocycles. The smallest absolute Gasteiger partial charge is 0.220 e. The number of carbonyl (C=O) groups excluding carboxylic acids is 1. The normalized spacial score (nSPS) is 10.7. The topological polar surface area (TPSA) is 70.7 Å². The molecule has 5 nitrogen and oxygen atoms in total. The number of aromatic nitrogens is 3. The number of amides is 1. The predicted molar refractivity (Wildman–Crippen MR) is 80.1 cm³/mol. The number of hydrogen-bond acceptors (Lipinski definition) is 3. The van der Waals surface area contributed by atoms with Crippen molar-refractivity contribution in [3.05, 3.63) is 12.2 Å². The van der Waals surface area contributed by atoms with Crippen LogP contribution in [0.5, 0.6) is 0 Å². The van der Waals surface area contributed by atoms with E-state index in [0.29, 0.717) is 18.8 Å². The third kappa shape index (κ3) is 8.67. The molecule has 20 heavy (non-hydrogen) atoms. The van der Waals surface area contributed by atoms with Crippen LogP contribution >= 0.6 is 0 Å². The van der Waals surface area contributed by atoms with E-state index in [1.807, 2.05) is 0 Å². The highest BCUT2D eigenvalue weighted by molar-refractivity contribution is 5.75. The van der Waals surface area contributed by atoms with Crippen molar-refractivity contribution in [1.82, 2.24) is 20.5 Å². The van der Waals surface area contributed by atoms with E-state index in [1.54, 1.807) is 0 Å². The van der Waals surface area contributed by atoms with Crippen molar-refractivity contribution < 1.29 is 4.79 Å². The maximum Gasteiger partial charge on any atom is 0.220 e. The number of H-pyrrole nitrogens is 1. The molecule has 0 bridgehead atoms. The predicted octanol–water partition coefficient (Wildman–Crippen LogP) is 3.34. The molecule has 1 amide bonds. The van der Waals surface area contributed by atoms with Gasteiger partial charge in [-0.1, -0.05) is 58.3 Å². The van der Waals surface area contributed by atoms with Crippen LogP contribution in [-0.4, -0.2) is 21.1 Å². The molecule has 1 aromatic heterocycles. The Morgan fingerprint density at radius 2 is 1.75 bits per heavy atom. The van der Waals surface area contributed by atoms with E-state index < -0.39 is 0 Å². The molecule has 0 saturated heterocycles. The zero-order valence-electron chi connectivity index (χ0n) is 12.7. The van der Waals surface area contributed by atoms with Gasteiger partial charge in [0.25, 0.3) is 0 Å². The summed E-state index contributed by atoms with van der Waals surface area (Å²) in [5.74, 6) is 0.801. The number of aromatic amines is 1. The standard InChI is InChI=1S/C15H28N4O/c1-2-3-4-5-6-7-8-9-10-11-15(20)16-12-14-17-13-18-19-14/h13H,2-12H2,1H3,(H,16,20)(H,17,18,19). The molecular formula is C15H28N4O. The van der Waals surface area contributed by atoms with Gasteiger partial charge in [-0.2, -0.15) is 5.10 Å². The first-order valence-corrected chi connectivity index (χ1v) is 7.94. The highest BCUT2D eigenvalue weighted by Gasteiger charge is 2.02. The van der Waals surface area contributed by atoms with Gasteiger partial charge in [-0.3, -0.25) is 9.89 Å². The summed E-state index contributed by atoms with van der Waals surface area (Å²) in [7, 11) is 0. The number of rotatable bonds is 12. The summed E-state index contributed by atoms with van der Waals surface area (Å²) in [6.07, 6.45) is 13.5. The first-order chi connectivity index (χ1) is 9.83. The molecule has 0 aromatic carbocycles. The summed E-state index contributed by atoms with van der Waals surface area (Å²) < 4.78 is 0. The largest absolute Gasteiger partial charge is 0.349 e. The van der Waals surface area contributed by atoms with E-state index in [2.05, 4.69) is 27.4 Å². The third-order valence-corrected chi connectivity index (χ3v) is 3.43. The molecule has 2 N–H and O–H groups in total. The lowest BCUT2D eigenvalue weighted by Gasteiger charge is -2.03. The summed E-state index contributed by atoms with van der Waals surface area (Å²) in [4.78, 5) is 15.5. The van der Waals surface area contributed by atoms with E-state index >= 15 is 0 Å². The quantitative estimate of drug-likeness (QED) is 0.577. The van der Waals surface area contributed by atoms with Crippen LogP contribution in [-0.2, 0) is 11.3 Å². The van der Waals surface area contributed by atoms with Gasteiger partial charge in [-0.25, -0.2) is 4.98 Å². The molecule has 5 heteroatoms.